The Morgan fingerprint density at radius 2 is 1.95 bits per heavy atom. The molecular formula is C15H20N2O3. The molecule has 0 N–H and O–H groups in total. The fourth-order valence-corrected chi connectivity index (χ4v) is 1.92. The van der Waals surface area contributed by atoms with Gasteiger partial charge in [0.15, 0.2) is 0 Å². The number of nitriles is 1. The highest BCUT2D eigenvalue weighted by molar-refractivity contribution is 5.91. The van der Waals surface area contributed by atoms with Crippen molar-refractivity contribution in [3.63, 3.8) is 0 Å². The van der Waals surface area contributed by atoms with Crippen molar-refractivity contribution in [3.8, 4) is 6.07 Å². The van der Waals surface area contributed by atoms with Crippen LogP contribution >= 0.6 is 0 Å². The lowest BCUT2D eigenvalue weighted by Gasteiger charge is -2.29. The molecule has 2 rings (SSSR count). The molecule has 1 saturated heterocycles. The number of ether oxygens (including phenoxy) is 2. The quantitative estimate of drug-likeness (QED) is 0.775. The summed E-state index contributed by atoms with van der Waals surface area (Å²) in [5.74, 6) is -0.429. The zero-order valence-electron chi connectivity index (χ0n) is 12.2. The van der Waals surface area contributed by atoms with Crippen molar-refractivity contribution in [3.05, 3.63) is 29.3 Å². The number of esters is 1. The Balaban J connectivity index is 0.000000956. The summed E-state index contributed by atoms with van der Waals surface area (Å²) in [4.78, 5) is 13.6. The molecule has 0 amide bonds. The summed E-state index contributed by atoms with van der Waals surface area (Å²) in [5.41, 5.74) is 1.72. The molecule has 0 aliphatic carbocycles. The van der Waals surface area contributed by atoms with Gasteiger partial charge in [-0.3, -0.25) is 0 Å². The average Bonchev–Trinajstić information content (AvgIpc) is 2.56. The maximum atomic E-state index is 11.5. The Bertz CT molecular complexity index is 488. The number of benzene rings is 1. The van der Waals surface area contributed by atoms with Crippen molar-refractivity contribution in [2.24, 2.45) is 0 Å². The highest BCUT2D eigenvalue weighted by Crippen LogP contribution is 2.20. The van der Waals surface area contributed by atoms with Gasteiger partial charge in [-0.1, -0.05) is 13.8 Å². The number of hydrogen-bond donors (Lipinski definition) is 0. The fourth-order valence-electron chi connectivity index (χ4n) is 1.92. The highest BCUT2D eigenvalue weighted by atomic mass is 16.5. The van der Waals surface area contributed by atoms with Crippen molar-refractivity contribution >= 4 is 11.7 Å². The van der Waals surface area contributed by atoms with E-state index in [2.05, 4.69) is 15.7 Å². The van der Waals surface area contributed by atoms with Gasteiger partial charge >= 0.3 is 5.97 Å². The van der Waals surface area contributed by atoms with Crippen LogP contribution in [0, 0.1) is 11.3 Å². The van der Waals surface area contributed by atoms with Crippen molar-refractivity contribution in [1.29, 1.82) is 5.26 Å². The number of rotatable bonds is 2. The minimum atomic E-state index is -0.429. The van der Waals surface area contributed by atoms with Crippen molar-refractivity contribution in [2.75, 3.05) is 38.3 Å². The first-order valence-corrected chi connectivity index (χ1v) is 6.71. The summed E-state index contributed by atoms with van der Waals surface area (Å²) in [7, 11) is 1.33. The number of carbonyl (C=O) groups is 1. The minimum absolute atomic E-state index is 0.401. The van der Waals surface area contributed by atoms with Crippen LogP contribution in [0.4, 0.5) is 5.69 Å². The number of carbonyl (C=O) groups excluding carboxylic acids is 1. The zero-order chi connectivity index (χ0) is 15.0. The molecule has 1 aromatic carbocycles. The Labute approximate surface area is 119 Å². The van der Waals surface area contributed by atoms with Gasteiger partial charge in [0.05, 0.1) is 37.5 Å². The summed E-state index contributed by atoms with van der Waals surface area (Å²) in [6.45, 7) is 6.83. The largest absolute Gasteiger partial charge is 0.465 e. The molecule has 1 aliphatic heterocycles. The van der Waals surface area contributed by atoms with E-state index in [-0.39, 0.29) is 0 Å². The van der Waals surface area contributed by atoms with Crippen LogP contribution in [0.15, 0.2) is 18.2 Å². The molecule has 108 valence electrons. The SMILES string of the molecule is CC.COC(=O)c1cc(C#N)cc(N2CCOCC2)c1. The van der Waals surface area contributed by atoms with Crippen LogP contribution in [0.25, 0.3) is 0 Å². The summed E-state index contributed by atoms with van der Waals surface area (Å²) in [6.07, 6.45) is 0. The number of hydrogen-bond acceptors (Lipinski definition) is 5. The van der Waals surface area contributed by atoms with Gasteiger partial charge in [-0.25, -0.2) is 4.79 Å². The van der Waals surface area contributed by atoms with Crippen LogP contribution < -0.4 is 4.90 Å². The molecular weight excluding hydrogens is 256 g/mol. The zero-order valence-corrected chi connectivity index (χ0v) is 12.2. The lowest BCUT2D eigenvalue weighted by molar-refractivity contribution is 0.0600. The Hall–Kier alpha value is -2.06. The summed E-state index contributed by atoms with van der Waals surface area (Å²) >= 11 is 0. The van der Waals surface area contributed by atoms with Crippen LogP contribution in [-0.4, -0.2) is 39.4 Å². The van der Waals surface area contributed by atoms with E-state index in [1.165, 1.54) is 13.2 Å². The molecule has 0 saturated carbocycles. The van der Waals surface area contributed by atoms with E-state index in [1.54, 1.807) is 12.1 Å². The summed E-state index contributed by atoms with van der Waals surface area (Å²) < 4.78 is 9.96. The van der Waals surface area contributed by atoms with Crippen molar-refractivity contribution in [2.45, 2.75) is 13.8 Å². The second kappa shape index (κ2) is 8.18. The number of morpholine rings is 1. The Morgan fingerprint density at radius 3 is 2.50 bits per heavy atom. The normalized spacial score (nSPS) is 13.8. The third kappa shape index (κ3) is 3.97. The van der Waals surface area contributed by atoms with Crippen molar-refractivity contribution in [1.82, 2.24) is 0 Å². The fraction of sp³-hybridized carbons (Fsp3) is 0.467. The number of nitrogens with zero attached hydrogens (tertiary/aromatic N) is 2. The molecule has 1 fully saturated rings. The molecule has 0 bridgehead atoms. The summed E-state index contributed by atoms with van der Waals surface area (Å²) in [5, 5.41) is 8.99. The van der Waals surface area contributed by atoms with Gasteiger partial charge in [0.2, 0.25) is 0 Å². The first kappa shape index (κ1) is 16.0. The maximum Gasteiger partial charge on any atom is 0.337 e. The Morgan fingerprint density at radius 1 is 1.30 bits per heavy atom. The van der Waals surface area contributed by atoms with Crippen molar-refractivity contribution < 1.29 is 14.3 Å². The van der Waals surface area contributed by atoms with E-state index in [1.807, 2.05) is 13.8 Å². The molecule has 5 heteroatoms. The van der Waals surface area contributed by atoms with Gasteiger partial charge < -0.3 is 14.4 Å². The first-order valence-electron chi connectivity index (χ1n) is 6.71. The topological polar surface area (TPSA) is 62.6 Å². The van der Waals surface area contributed by atoms with E-state index in [9.17, 15) is 4.79 Å². The van der Waals surface area contributed by atoms with Gasteiger partial charge in [-0.2, -0.15) is 5.26 Å². The molecule has 20 heavy (non-hydrogen) atoms. The van der Waals surface area contributed by atoms with Gasteiger partial charge in [-0.15, -0.1) is 0 Å². The van der Waals surface area contributed by atoms with Gasteiger partial charge in [0.1, 0.15) is 0 Å². The van der Waals surface area contributed by atoms with Crippen LogP contribution in [0.5, 0.6) is 0 Å². The predicted octanol–water partition coefficient (Wildman–Crippen LogP) is 2.21. The summed E-state index contributed by atoms with van der Waals surface area (Å²) in [6, 6.07) is 7.12. The lowest BCUT2D eigenvalue weighted by atomic mass is 10.1. The third-order valence-electron chi connectivity index (χ3n) is 2.84. The molecule has 0 radical (unpaired) electrons. The van der Waals surface area contributed by atoms with E-state index in [0.29, 0.717) is 24.3 Å². The van der Waals surface area contributed by atoms with E-state index in [4.69, 9.17) is 10.00 Å². The lowest BCUT2D eigenvalue weighted by Crippen LogP contribution is -2.36. The molecule has 1 aliphatic rings. The minimum Gasteiger partial charge on any atom is -0.465 e. The molecule has 0 spiro atoms. The second-order valence-corrected chi connectivity index (χ2v) is 3.97. The molecule has 0 atom stereocenters. The van der Waals surface area contributed by atoms with E-state index in [0.717, 1.165) is 18.8 Å². The van der Waals surface area contributed by atoms with Gasteiger partial charge in [-0.05, 0) is 18.2 Å². The number of methoxy groups -OCH3 is 1. The van der Waals surface area contributed by atoms with Crippen LogP contribution in [0.1, 0.15) is 29.8 Å². The Kier molecular flexibility index (Phi) is 6.54. The first-order chi connectivity index (χ1) is 9.74. The molecule has 1 heterocycles. The van der Waals surface area contributed by atoms with Crippen LogP contribution in [0.3, 0.4) is 0 Å². The molecule has 5 nitrogen and oxygen atoms in total. The third-order valence-corrected chi connectivity index (χ3v) is 2.84. The maximum absolute atomic E-state index is 11.5. The smallest absolute Gasteiger partial charge is 0.337 e. The highest BCUT2D eigenvalue weighted by Gasteiger charge is 2.15. The van der Waals surface area contributed by atoms with E-state index < -0.39 is 5.97 Å². The second-order valence-electron chi connectivity index (χ2n) is 3.97. The predicted molar refractivity (Wildman–Crippen MR) is 76.9 cm³/mol. The average molecular weight is 276 g/mol. The van der Waals surface area contributed by atoms with Gasteiger partial charge in [0.25, 0.3) is 0 Å². The monoisotopic (exact) mass is 276 g/mol. The molecule has 0 aromatic heterocycles. The number of anilines is 1. The molecule has 0 unspecified atom stereocenters. The standard InChI is InChI=1S/C13H14N2O3.C2H6/c1-17-13(16)11-6-10(9-14)7-12(8-11)15-2-4-18-5-3-15;1-2/h6-8H,2-5H2,1H3;1-2H3. The van der Waals surface area contributed by atoms with Crippen LogP contribution in [0.2, 0.25) is 0 Å². The molecule has 1 aromatic rings. The van der Waals surface area contributed by atoms with Gasteiger partial charge in [0, 0.05) is 18.8 Å². The van der Waals surface area contributed by atoms with E-state index >= 15 is 0 Å². The van der Waals surface area contributed by atoms with Crippen LogP contribution in [-0.2, 0) is 9.47 Å².